The lowest BCUT2D eigenvalue weighted by Gasteiger charge is -2.36. The Kier molecular flexibility index (Phi) is 5.92. The molecule has 0 amide bonds. The molecular formula is C25H22F3NO2. The van der Waals surface area contributed by atoms with Crippen molar-refractivity contribution in [1.29, 1.82) is 0 Å². The van der Waals surface area contributed by atoms with Gasteiger partial charge in [-0.1, -0.05) is 48.9 Å². The Morgan fingerprint density at radius 1 is 0.968 bits per heavy atom. The molecule has 1 N–H and O–H groups in total. The maximum Gasteiger partial charge on any atom is 0.416 e. The van der Waals surface area contributed by atoms with E-state index in [0.717, 1.165) is 12.1 Å². The predicted molar refractivity (Wildman–Crippen MR) is 112 cm³/mol. The Balaban J connectivity index is 1.83. The maximum absolute atomic E-state index is 13.4. The fourth-order valence-electron chi connectivity index (χ4n) is 4.48. The molecule has 3 atom stereocenters. The van der Waals surface area contributed by atoms with Crippen molar-refractivity contribution in [2.75, 3.05) is 0 Å². The van der Waals surface area contributed by atoms with E-state index in [1.165, 1.54) is 12.3 Å². The van der Waals surface area contributed by atoms with Crippen molar-refractivity contribution in [2.45, 2.75) is 37.5 Å². The monoisotopic (exact) mass is 425 g/mol. The average Bonchev–Trinajstić information content (AvgIpc) is 2.78. The fraction of sp³-hybridized carbons (Fsp3) is 0.280. The number of rotatable bonds is 4. The maximum atomic E-state index is 13.4. The van der Waals surface area contributed by atoms with Gasteiger partial charge in [-0.25, -0.2) is 0 Å². The Morgan fingerprint density at radius 3 is 2.39 bits per heavy atom. The topological polar surface area (TPSA) is 50.2 Å². The van der Waals surface area contributed by atoms with Gasteiger partial charge in [0.05, 0.1) is 23.3 Å². The number of pyridine rings is 1. The normalized spacial score (nSPS) is 21.6. The van der Waals surface area contributed by atoms with Crippen LogP contribution in [0.1, 0.15) is 46.7 Å². The van der Waals surface area contributed by atoms with E-state index in [1.807, 2.05) is 0 Å². The summed E-state index contributed by atoms with van der Waals surface area (Å²) in [5, 5.41) is 10.8. The molecule has 2 aromatic carbocycles. The van der Waals surface area contributed by atoms with E-state index in [4.69, 9.17) is 0 Å². The van der Waals surface area contributed by atoms with Crippen LogP contribution in [0.2, 0.25) is 0 Å². The summed E-state index contributed by atoms with van der Waals surface area (Å²) in [7, 11) is 0. The van der Waals surface area contributed by atoms with E-state index in [2.05, 4.69) is 4.98 Å². The van der Waals surface area contributed by atoms with Gasteiger partial charge in [-0.2, -0.15) is 13.2 Å². The summed E-state index contributed by atoms with van der Waals surface area (Å²) < 4.78 is 40.3. The second-order valence-corrected chi connectivity index (χ2v) is 7.88. The van der Waals surface area contributed by atoms with Crippen LogP contribution in [-0.4, -0.2) is 22.0 Å². The molecule has 1 saturated carbocycles. The molecule has 0 saturated heterocycles. The second-order valence-electron chi connectivity index (χ2n) is 7.88. The number of hydrogen-bond donors (Lipinski definition) is 1. The highest BCUT2D eigenvalue weighted by Gasteiger charge is 2.40. The molecule has 160 valence electrons. The summed E-state index contributed by atoms with van der Waals surface area (Å²) >= 11 is 0. The number of aliphatic hydroxyl groups is 1. The molecule has 4 rings (SSSR count). The number of ketones is 1. The molecule has 1 aliphatic rings. The molecular weight excluding hydrogens is 403 g/mol. The van der Waals surface area contributed by atoms with Crippen LogP contribution in [0.25, 0.3) is 11.3 Å². The van der Waals surface area contributed by atoms with Gasteiger partial charge in [0.1, 0.15) is 0 Å². The van der Waals surface area contributed by atoms with Crippen LogP contribution >= 0.6 is 0 Å². The molecule has 0 radical (unpaired) electrons. The van der Waals surface area contributed by atoms with Gasteiger partial charge < -0.3 is 5.11 Å². The number of aliphatic hydroxyl groups excluding tert-OH is 1. The van der Waals surface area contributed by atoms with Crippen molar-refractivity contribution in [3.8, 4) is 11.3 Å². The third-order valence-corrected chi connectivity index (χ3v) is 5.95. The molecule has 1 aromatic heterocycles. The fourth-order valence-corrected chi connectivity index (χ4v) is 4.48. The van der Waals surface area contributed by atoms with Gasteiger partial charge in [0.2, 0.25) is 0 Å². The van der Waals surface area contributed by atoms with E-state index in [0.29, 0.717) is 41.6 Å². The minimum atomic E-state index is -4.49. The van der Waals surface area contributed by atoms with Crippen molar-refractivity contribution >= 4 is 5.78 Å². The zero-order valence-corrected chi connectivity index (χ0v) is 16.7. The minimum absolute atomic E-state index is 0.190. The molecule has 0 bridgehead atoms. The molecule has 0 spiro atoms. The number of aromatic nitrogens is 1. The first-order chi connectivity index (χ1) is 14.9. The molecule has 0 unspecified atom stereocenters. The summed E-state index contributed by atoms with van der Waals surface area (Å²) in [4.78, 5) is 17.6. The van der Waals surface area contributed by atoms with Crippen LogP contribution in [-0.2, 0) is 6.18 Å². The van der Waals surface area contributed by atoms with E-state index < -0.39 is 29.7 Å². The van der Waals surface area contributed by atoms with Gasteiger partial charge in [0, 0.05) is 17.3 Å². The highest BCUT2D eigenvalue weighted by Crippen LogP contribution is 2.44. The summed E-state index contributed by atoms with van der Waals surface area (Å²) in [6.45, 7) is 0. The van der Waals surface area contributed by atoms with Crippen molar-refractivity contribution in [3.05, 3.63) is 89.6 Å². The highest BCUT2D eigenvalue weighted by molar-refractivity contribution is 5.99. The zero-order chi connectivity index (χ0) is 22.0. The number of alkyl halides is 3. The summed E-state index contributed by atoms with van der Waals surface area (Å²) in [6, 6.07) is 17.4. The average molecular weight is 425 g/mol. The number of carbonyl (C=O) groups excluding carboxylic acids is 1. The Labute approximate surface area is 178 Å². The lowest BCUT2D eigenvalue weighted by atomic mass is 9.69. The largest absolute Gasteiger partial charge is 0.416 e. The Morgan fingerprint density at radius 2 is 1.71 bits per heavy atom. The molecule has 6 heteroatoms. The summed E-state index contributed by atoms with van der Waals surface area (Å²) in [6.07, 6.45) is -2.04. The van der Waals surface area contributed by atoms with Gasteiger partial charge in [-0.3, -0.25) is 9.78 Å². The zero-order valence-electron chi connectivity index (χ0n) is 16.7. The highest BCUT2D eigenvalue weighted by atomic mass is 19.4. The predicted octanol–water partition coefficient (Wildman–Crippen LogP) is 5.89. The molecule has 1 heterocycles. The van der Waals surface area contributed by atoms with E-state index in [9.17, 15) is 23.1 Å². The minimum Gasteiger partial charge on any atom is -0.392 e. The number of carbonyl (C=O) groups is 1. The van der Waals surface area contributed by atoms with Crippen LogP contribution in [0.15, 0.2) is 72.9 Å². The van der Waals surface area contributed by atoms with Gasteiger partial charge >= 0.3 is 6.18 Å². The van der Waals surface area contributed by atoms with Crippen LogP contribution in [0.4, 0.5) is 13.2 Å². The third kappa shape index (κ3) is 4.39. The number of hydrogen-bond acceptors (Lipinski definition) is 3. The number of nitrogens with zero attached hydrogens (tertiary/aromatic N) is 1. The van der Waals surface area contributed by atoms with Gasteiger partial charge in [0.15, 0.2) is 5.78 Å². The van der Waals surface area contributed by atoms with E-state index >= 15 is 0 Å². The lowest BCUT2D eigenvalue weighted by Crippen LogP contribution is -2.37. The van der Waals surface area contributed by atoms with Crippen molar-refractivity contribution in [2.24, 2.45) is 5.92 Å². The summed E-state index contributed by atoms with van der Waals surface area (Å²) in [5.74, 6) is -1.32. The van der Waals surface area contributed by atoms with E-state index in [-0.39, 0.29) is 5.78 Å². The van der Waals surface area contributed by atoms with Crippen LogP contribution in [0.3, 0.4) is 0 Å². The number of halogens is 3. The molecule has 1 aliphatic carbocycles. The van der Waals surface area contributed by atoms with Crippen molar-refractivity contribution in [3.63, 3.8) is 0 Å². The van der Waals surface area contributed by atoms with Crippen LogP contribution in [0.5, 0.6) is 0 Å². The van der Waals surface area contributed by atoms with Crippen molar-refractivity contribution in [1.82, 2.24) is 4.98 Å². The third-order valence-electron chi connectivity index (χ3n) is 5.95. The quantitative estimate of drug-likeness (QED) is 0.530. The Bertz CT molecular complexity index is 1050. The Hall–Kier alpha value is -2.99. The smallest absolute Gasteiger partial charge is 0.392 e. The molecule has 1 fully saturated rings. The SMILES string of the molecule is O=C(c1ccccc1)[C@@H]1[C@H](O)CCC[C@H]1c1ccc(C(F)(F)F)cc1-c1ccccn1. The standard InChI is InChI=1S/C25H22F3NO2/c26-25(27,28)17-12-13-18(20(15-17)21-10-4-5-14-29-21)19-9-6-11-22(30)23(19)24(31)16-7-2-1-3-8-16/h1-5,7-8,10,12-15,19,22-23,30H,6,9,11H2/t19-,22+,23-/m0/s1. The first-order valence-electron chi connectivity index (χ1n) is 10.3. The van der Waals surface area contributed by atoms with Crippen LogP contribution in [0, 0.1) is 5.92 Å². The first-order valence-corrected chi connectivity index (χ1v) is 10.3. The molecule has 31 heavy (non-hydrogen) atoms. The van der Waals surface area contributed by atoms with Gasteiger partial charge in [-0.15, -0.1) is 0 Å². The van der Waals surface area contributed by atoms with Gasteiger partial charge in [-0.05, 0) is 48.6 Å². The molecule has 3 aromatic rings. The summed E-state index contributed by atoms with van der Waals surface area (Å²) in [5.41, 5.74) is 1.10. The lowest BCUT2D eigenvalue weighted by molar-refractivity contribution is -0.137. The van der Waals surface area contributed by atoms with E-state index in [1.54, 1.807) is 48.5 Å². The first kappa shape index (κ1) is 21.2. The van der Waals surface area contributed by atoms with Crippen LogP contribution < -0.4 is 0 Å². The van der Waals surface area contributed by atoms with Gasteiger partial charge in [0.25, 0.3) is 0 Å². The number of Topliss-reactive ketones (excluding diaryl/α,β-unsaturated/α-hetero) is 1. The van der Waals surface area contributed by atoms with Crippen molar-refractivity contribution < 1.29 is 23.1 Å². The number of benzene rings is 2. The molecule has 3 nitrogen and oxygen atoms in total. The molecule has 0 aliphatic heterocycles. The second kappa shape index (κ2) is 8.63.